The summed E-state index contributed by atoms with van der Waals surface area (Å²) in [4.78, 5) is 38.2. The Balaban J connectivity index is 4.28. The number of rotatable bonds is 56. The molecule has 6 heteroatoms. The third-order valence-corrected chi connectivity index (χ3v) is 13.3. The van der Waals surface area contributed by atoms with Gasteiger partial charge in [0.25, 0.3) is 0 Å². The lowest BCUT2D eigenvalue weighted by atomic mass is 10.1. The predicted octanol–water partition coefficient (Wildman–Crippen LogP) is 21.4. The second-order valence-corrected chi connectivity index (χ2v) is 20.6. The van der Waals surface area contributed by atoms with E-state index in [1.165, 1.54) is 122 Å². The Morgan fingerprint density at radius 2 is 0.520 bits per heavy atom. The summed E-state index contributed by atoms with van der Waals surface area (Å²) in [6, 6.07) is 0. The molecule has 0 spiro atoms. The maximum absolute atomic E-state index is 12.9. The fourth-order valence-corrected chi connectivity index (χ4v) is 8.57. The van der Waals surface area contributed by atoms with E-state index in [9.17, 15) is 14.4 Å². The van der Waals surface area contributed by atoms with Crippen molar-refractivity contribution in [3.63, 3.8) is 0 Å². The van der Waals surface area contributed by atoms with Gasteiger partial charge in [-0.05, 0) is 109 Å². The Morgan fingerprint density at radius 3 is 0.813 bits per heavy atom. The smallest absolute Gasteiger partial charge is 0.306 e. The molecule has 0 radical (unpaired) electrons. The second-order valence-electron chi connectivity index (χ2n) is 20.6. The molecule has 0 aromatic heterocycles. The zero-order chi connectivity index (χ0) is 54.3. The molecule has 0 heterocycles. The zero-order valence-corrected chi connectivity index (χ0v) is 49.0. The fraction of sp³-hybridized carbons (Fsp3) is 0.696. The number of carbonyl (C=O) groups is 3. The summed E-state index contributed by atoms with van der Waals surface area (Å²) < 4.78 is 16.9. The van der Waals surface area contributed by atoms with Gasteiger partial charge in [0.05, 0.1) is 0 Å². The number of carbonyl (C=O) groups excluding carboxylic acids is 3. The molecule has 0 saturated heterocycles. The molecule has 75 heavy (non-hydrogen) atoms. The molecule has 0 aliphatic heterocycles. The summed E-state index contributed by atoms with van der Waals surface area (Å²) in [5.74, 6) is -0.905. The maximum Gasteiger partial charge on any atom is 0.306 e. The molecule has 0 aliphatic carbocycles. The Kier molecular flexibility index (Phi) is 59.3. The number of hydrogen-bond acceptors (Lipinski definition) is 6. The van der Waals surface area contributed by atoms with Crippen molar-refractivity contribution in [2.45, 2.75) is 297 Å². The number of esters is 3. The van der Waals surface area contributed by atoms with Crippen LogP contribution in [0.15, 0.2) is 109 Å². The first-order valence-electron chi connectivity index (χ1n) is 31.4. The fourth-order valence-electron chi connectivity index (χ4n) is 8.57. The minimum Gasteiger partial charge on any atom is -0.462 e. The quantitative estimate of drug-likeness (QED) is 0.0261. The molecule has 428 valence electrons. The summed E-state index contributed by atoms with van der Waals surface area (Å²) in [5.41, 5.74) is 0. The van der Waals surface area contributed by atoms with Gasteiger partial charge in [-0.1, -0.05) is 271 Å². The number of ether oxygens (including phenoxy) is 3. The molecule has 0 aliphatic rings. The molecule has 0 rings (SSSR count). The summed E-state index contributed by atoms with van der Waals surface area (Å²) in [7, 11) is 0. The monoisotopic (exact) mass is 1040 g/mol. The van der Waals surface area contributed by atoms with Gasteiger partial charge in [-0.25, -0.2) is 0 Å². The standard InChI is InChI=1S/C69H116O6/c1-4-7-10-13-16-19-21-23-25-27-29-31-32-33-34-35-36-38-39-41-43-45-47-50-53-56-59-62-68(71)74-65-66(64-73-67(70)61-58-55-52-49-18-15-12-9-6-3)75-69(72)63-60-57-54-51-48-46-44-42-40-37-30-28-26-24-22-20-17-14-11-8-5-2/h7,10,16,19,22-25,28-31,33-34,36,38,40,42,66H,4-6,8-9,11-15,17-18,20-21,26-27,32,35,37,39,41,43-65H2,1-3H3/b10-7-,19-16-,24-22-,25-23-,30-28-,31-29-,34-33-,38-36-,42-40-. The highest BCUT2D eigenvalue weighted by Crippen LogP contribution is 2.15. The van der Waals surface area contributed by atoms with Crippen molar-refractivity contribution in [2.24, 2.45) is 0 Å². The van der Waals surface area contributed by atoms with Crippen LogP contribution in [-0.4, -0.2) is 37.2 Å². The van der Waals surface area contributed by atoms with Crippen LogP contribution in [0.1, 0.15) is 290 Å². The van der Waals surface area contributed by atoms with E-state index >= 15 is 0 Å². The molecule has 0 amide bonds. The van der Waals surface area contributed by atoms with E-state index in [1.54, 1.807) is 0 Å². The highest BCUT2D eigenvalue weighted by molar-refractivity contribution is 5.71. The van der Waals surface area contributed by atoms with Crippen molar-refractivity contribution in [3.8, 4) is 0 Å². The van der Waals surface area contributed by atoms with Crippen molar-refractivity contribution in [3.05, 3.63) is 109 Å². The lowest BCUT2D eigenvalue weighted by Gasteiger charge is -2.18. The highest BCUT2D eigenvalue weighted by Gasteiger charge is 2.19. The Morgan fingerprint density at radius 1 is 0.280 bits per heavy atom. The lowest BCUT2D eigenvalue weighted by molar-refractivity contribution is -0.167. The van der Waals surface area contributed by atoms with Crippen LogP contribution >= 0.6 is 0 Å². The third kappa shape index (κ3) is 60.8. The van der Waals surface area contributed by atoms with E-state index in [1.807, 2.05) is 0 Å². The van der Waals surface area contributed by atoms with E-state index in [4.69, 9.17) is 14.2 Å². The predicted molar refractivity (Wildman–Crippen MR) is 325 cm³/mol. The molecule has 6 nitrogen and oxygen atoms in total. The average Bonchev–Trinajstić information content (AvgIpc) is 3.41. The lowest BCUT2D eigenvalue weighted by Crippen LogP contribution is -2.30. The van der Waals surface area contributed by atoms with Crippen LogP contribution in [0, 0.1) is 0 Å². The minimum atomic E-state index is -0.789. The SMILES string of the molecule is CC/C=C\C/C=C\C/C=C\C/C=C\C/C=C\C/C=C\CCCCCCCCCCC(=O)OCC(COC(=O)CCCCCCCCCCC)OC(=O)CCCCCCCC/C=C\C/C=C\C/C=C\CCCCCCC. The maximum atomic E-state index is 12.9. The third-order valence-electron chi connectivity index (χ3n) is 13.3. The largest absolute Gasteiger partial charge is 0.462 e. The van der Waals surface area contributed by atoms with E-state index in [-0.39, 0.29) is 31.1 Å². The van der Waals surface area contributed by atoms with E-state index in [2.05, 4.69) is 130 Å². The first-order chi connectivity index (χ1) is 37.0. The van der Waals surface area contributed by atoms with Crippen LogP contribution in [0.5, 0.6) is 0 Å². The number of unbranched alkanes of at least 4 members (excludes halogenated alkanes) is 27. The highest BCUT2D eigenvalue weighted by atomic mass is 16.6. The first-order valence-corrected chi connectivity index (χ1v) is 31.4. The van der Waals surface area contributed by atoms with Gasteiger partial charge in [-0.3, -0.25) is 14.4 Å². The van der Waals surface area contributed by atoms with Gasteiger partial charge in [0.2, 0.25) is 0 Å². The molecule has 0 saturated carbocycles. The molecule has 1 unspecified atom stereocenters. The van der Waals surface area contributed by atoms with Gasteiger partial charge in [-0.15, -0.1) is 0 Å². The van der Waals surface area contributed by atoms with Crippen LogP contribution in [0.2, 0.25) is 0 Å². The number of hydrogen-bond donors (Lipinski definition) is 0. The molecular weight excluding hydrogens is 925 g/mol. The van der Waals surface area contributed by atoms with Crippen molar-refractivity contribution in [1.29, 1.82) is 0 Å². The Bertz CT molecular complexity index is 1520. The van der Waals surface area contributed by atoms with Crippen molar-refractivity contribution >= 4 is 17.9 Å². The molecule has 0 fully saturated rings. The Labute approximate surface area is 463 Å². The summed E-state index contributed by atoms with van der Waals surface area (Å²) in [6.45, 7) is 6.49. The summed E-state index contributed by atoms with van der Waals surface area (Å²) in [5, 5.41) is 0. The van der Waals surface area contributed by atoms with E-state index in [0.717, 1.165) is 128 Å². The van der Waals surface area contributed by atoms with Gasteiger partial charge >= 0.3 is 17.9 Å². The van der Waals surface area contributed by atoms with Crippen LogP contribution in [0.3, 0.4) is 0 Å². The second kappa shape index (κ2) is 62.6. The van der Waals surface area contributed by atoms with Crippen LogP contribution < -0.4 is 0 Å². The van der Waals surface area contributed by atoms with E-state index < -0.39 is 6.10 Å². The van der Waals surface area contributed by atoms with Gasteiger partial charge in [0.15, 0.2) is 6.10 Å². The molecule has 0 bridgehead atoms. The van der Waals surface area contributed by atoms with Crippen LogP contribution in [-0.2, 0) is 28.6 Å². The minimum absolute atomic E-state index is 0.0853. The Hall–Kier alpha value is -3.93. The first kappa shape index (κ1) is 71.1. The molecule has 0 aromatic rings. The van der Waals surface area contributed by atoms with Gasteiger partial charge < -0.3 is 14.2 Å². The van der Waals surface area contributed by atoms with Crippen LogP contribution in [0.4, 0.5) is 0 Å². The van der Waals surface area contributed by atoms with Gasteiger partial charge in [0.1, 0.15) is 13.2 Å². The summed E-state index contributed by atoms with van der Waals surface area (Å²) in [6.07, 6.45) is 85.2. The average molecular weight is 1040 g/mol. The van der Waals surface area contributed by atoms with E-state index in [0.29, 0.717) is 19.3 Å². The topological polar surface area (TPSA) is 78.9 Å². The molecule has 0 aromatic carbocycles. The summed E-state index contributed by atoms with van der Waals surface area (Å²) >= 11 is 0. The van der Waals surface area contributed by atoms with Gasteiger partial charge in [0, 0.05) is 19.3 Å². The molecule has 0 N–H and O–H groups in total. The zero-order valence-electron chi connectivity index (χ0n) is 49.0. The molecular formula is C69H116O6. The molecule has 1 atom stereocenters. The normalized spacial score (nSPS) is 12.8. The van der Waals surface area contributed by atoms with Crippen molar-refractivity contribution in [2.75, 3.05) is 13.2 Å². The van der Waals surface area contributed by atoms with Gasteiger partial charge in [-0.2, -0.15) is 0 Å². The van der Waals surface area contributed by atoms with Crippen LogP contribution in [0.25, 0.3) is 0 Å². The van der Waals surface area contributed by atoms with Crippen molar-refractivity contribution in [1.82, 2.24) is 0 Å². The number of allylic oxidation sites excluding steroid dienone is 18. The van der Waals surface area contributed by atoms with Crippen molar-refractivity contribution < 1.29 is 28.6 Å².